The largest absolute Gasteiger partial charge is 0.497 e. The van der Waals surface area contributed by atoms with Gasteiger partial charge in [-0.1, -0.05) is 22.6 Å². The van der Waals surface area contributed by atoms with Gasteiger partial charge in [0.15, 0.2) is 5.13 Å². The Morgan fingerprint density at radius 3 is 2.68 bits per heavy atom. The van der Waals surface area contributed by atoms with Crippen LogP contribution >= 0.6 is 11.3 Å². The monoisotopic (exact) mass is 437 g/mol. The second kappa shape index (κ2) is 8.32. The molecule has 2 aromatic carbocycles. The lowest BCUT2D eigenvalue weighted by Gasteiger charge is -2.01. The highest BCUT2D eigenvalue weighted by Gasteiger charge is 2.19. The fraction of sp³-hybridized carbons (Fsp3) is 0.100. The van der Waals surface area contributed by atoms with Crippen molar-refractivity contribution in [2.24, 2.45) is 0 Å². The molecule has 0 fully saturated rings. The van der Waals surface area contributed by atoms with E-state index in [0.717, 1.165) is 11.3 Å². The van der Waals surface area contributed by atoms with E-state index in [1.165, 1.54) is 35.6 Å². The van der Waals surface area contributed by atoms with E-state index < -0.39 is 10.8 Å². The molecular formula is C20H15N5O5S. The van der Waals surface area contributed by atoms with Crippen LogP contribution < -0.4 is 10.1 Å². The first-order chi connectivity index (χ1) is 14.9. The number of benzene rings is 2. The molecule has 0 aliphatic rings. The Morgan fingerprint density at radius 2 is 1.97 bits per heavy atom. The summed E-state index contributed by atoms with van der Waals surface area (Å²) in [5.41, 5.74) is 1.35. The first-order valence-electron chi connectivity index (χ1n) is 8.96. The van der Waals surface area contributed by atoms with Gasteiger partial charge in [0.25, 0.3) is 17.5 Å². The molecule has 0 spiro atoms. The minimum Gasteiger partial charge on any atom is -0.497 e. The molecule has 0 saturated heterocycles. The first-order valence-corrected chi connectivity index (χ1v) is 9.78. The first kappa shape index (κ1) is 20.2. The van der Waals surface area contributed by atoms with Gasteiger partial charge in [-0.2, -0.15) is 4.98 Å². The van der Waals surface area contributed by atoms with E-state index in [9.17, 15) is 14.9 Å². The molecule has 0 radical (unpaired) electrons. The predicted octanol–water partition coefficient (Wildman–Crippen LogP) is 4.34. The van der Waals surface area contributed by atoms with Crippen molar-refractivity contribution in [2.75, 3.05) is 12.4 Å². The van der Waals surface area contributed by atoms with Gasteiger partial charge in [-0.25, -0.2) is 4.98 Å². The van der Waals surface area contributed by atoms with E-state index in [1.807, 2.05) is 12.1 Å². The third-order valence-electron chi connectivity index (χ3n) is 4.30. The predicted molar refractivity (Wildman–Crippen MR) is 113 cm³/mol. The molecule has 2 heterocycles. The highest BCUT2D eigenvalue weighted by Crippen LogP contribution is 2.33. The number of carbonyl (C=O) groups excluding carboxylic acids is 1. The van der Waals surface area contributed by atoms with Crippen molar-refractivity contribution in [3.63, 3.8) is 0 Å². The van der Waals surface area contributed by atoms with Crippen LogP contribution in [0.25, 0.3) is 22.2 Å². The van der Waals surface area contributed by atoms with Crippen molar-refractivity contribution < 1.29 is 19.0 Å². The summed E-state index contributed by atoms with van der Waals surface area (Å²) < 4.78 is 10.5. The van der Waals surface area contributed by atoms with Crippen molar-refractivity contribution in [2.45, 2.75) is 6.92 Å². The maximum absolute atomic E-state index is 12.5. The molecule has 1 N–H and O–H groups in total. The fourth-order valence-corrected chi connectivity index (χ4v) is 3.63. The van der Waals surface area contributed by atoms with Gasteiger partial charge in [-0.05, 0) is 37.3 Å². The zero-order valence-corrected chi connectivity index (χ0v) is 17.2. The SMILES string of the molecule is COc1ccc(-c2noc(-c3sc(NC(=O)c4cccc([N+](=O)[O-])c4)nc3C)n2)cc1. The summed E-state index contributed by atoms with van der Waals surface area (Å²) in [7, 11) is 1.59. The summed E-state index contributed by atoms with van der Waals surface area (Å²) in [5, 5.41) is 17.9. The van der Waals surface area contributed by atoms with Crippen molar-refractivity contribution in [1.29, 1.82) is 0 Å². The molecule has 0 unspecified atom stereocenters. The minimum atomic E-state index is -0.557. The van der Waals surface area contributed by atoms with Gasteiger partial charge in [-0.3, -0.25) is 20.2 Å². The van der Waals surface area contributed by atoms with Crippen molar-refractivity contribution >= 4 is 28.1 Å². The van der Waals surface area contributed by atoms with Gasteiger partial charge in [0.05, 0.1) is 17.7 Å². The zero-order chi connectivity index (χ0) is 22.0. The number of anilines is 1. The van der Waals surface area contributed by atoms with E-state index in [2.05, 4.69) is 20.4 Å². The molecular weight excluding hydrogens is 422 g/mol. The second-order valence-corrected chi connectivity index (χ2v) is 7.35. The van der Waals surface area contributed by atoms with Gasteiger partial charge >= 0.3 is 0 Å². The van der Waals surface area contributed by atoms with Crippen LogP contribution in [0.4, 0.5) is 10.8 Å². The van der Waals surface area contributed by atoms with Gasteiger partial charge in [0.2, 0.25) is 5.82 Å². The molecule has 0 saturated carbocycles. The Labute approximate surface area is 179 Å². The molecule has 0 aliphatic carbocycles. The standard InChI is InChI=1S/C20H15N5O5S/c1-11-16(19-22-17(24-30-19)12-6-8-15(29-2)9-7-12)31-20(21-11)23-18(26)13-4-3-5-14(10-13)25(27)28/h3-10H,1-2H3,(H,21,23,26). The number of hydrogen-bond donors (Lipinski definition) is 1. The Kier molecular flexibility index (Phi) is 5.41. The molecule has 156 valence electrons. The van der Waals surface area contributed by atoms with Crippen LogP contribution in [-0.4, -0.2) is 33.1 Å². The number of non-ortho nitro benzene ring substituents is 1. The summed E-state index contributed by atoms with van der Waals surface area (Å²) >= 11 is 1.17. The van der Waals surface area contributed by atoms with Crippen LogP contribution in [0.5, 0.6) is 5.75 Å². The number of amides is 1. The van der Waals surface area contributed by atoms with Crippen LogP contribution in [-0.2, 0) is 0 Å². The van der Waals surface area contributed by atoms with Gasteiger partial charge < -0.3 is 9.26 Å². The number of ether oxygens (including phenoxy) is 1. The maximum atomic E-state index is 12.5. The molecule has 10 nitrogen and oxygen atoms in total. The van der Waals surface area contributed by atoms with E-state index in [-0.39, 0.29) is 17.1 Å². The van der Waals surface area contributed by atoms with Crippen LogP contribution in [0, 0.1) is 17.0 Å². The van der Waals surface area contributed by atoms with Crippen molar-refractivity contribution in [3.05, 3.63) is 69.9 Å². The van der Waals surface area contributed by atoms with Crippen LogP contribution in [0.15, 0.2) is 53.1 Å². The Bertz CT molecular complexity index is 1270. The molecule has 31 heavy (non-hydrogen) atoms. The summed E-state index contributed by atoms with van der Waals surface area (Å²) in [5.74, 6) is 0.896. The highest BCUT2D eigenvalue weighted by molar-refractivity contribution is 7.19. The lowest BCUT2D eigenvalue weighted by Crippen LogP contribution is -2.11. The molecule has 11 heteroatoms. The number of nitrogens with one attached hydrogen (secondary N) is 1. The quantitative estimate of drug-likeness (QED) is 0.348. The normalized spacial score (nSPS) is 10.6. The average molecular weight is 437 g/mol. The summed E-state index contributed by atoms with van der Waals surface area (Å²) in [6.07, 6.45) is 0. The van der Waals surface area contributed by atoms with Crippen LogP contribution in [0.1, 0.15) is 16.1 Å². The summed E-state index contributed by atoms with van der Waals surface area (Å²) in [4.78, 5) is 32.2. The van der Waals surface area contributed by atoms with Crippen LogP contribution in [0.2, 0.25) is 0 Å². The lowest BCUT2D eigenvalue weighted by atomic mass is 10.2. The van der Waals surface area contributed by atoms with E-state index in [0.29, 0.717) is 21.5 Å². The maximum Gasteiger partial charge on any atom is 0.270 e. The number of thiazole rings is 1. The molecule has 0 aliphatic heterocycles. The Morgan fingerprint density at radius 1 is 1.19 bits per heavy atom. The number of aromatic nitrogens is 3. The number of nitrogens with zero attached hydrogens (tertiary/aromatic N) is 4. The Balaban J connectivity index is 1.54. The van der Waals surface area contributed by atoms with Gasteiger partial charge in [0.1, 0.15) is 10.6 Å². The Hall–Kier alpha value is -4.12. The van der Waals surface area contributed by atoms with E-state index >= 15 is 0 Å². The third-order valence-corrected chi connectivity index (χ3v) is 5.37. The molecule has 0 bridgehead atoms. The number of carbonyl (C=O) groups is 1. The lowest BCUT2D eigenvalue weighted by molar-refractivity contribution is -0.384. The molecule has 0 atom stereocenters. The van der Waals surface area contributed by atoms with Crippen molar-refractivity contribution in [3.8, 4) is 27.9 Å². The number of aryl methyl sites for hydroxylation is 1. The smallest absolute Gasteiger partial charge is 0.270 e. The van der Waals surface area contributed by atoms with Crippen LogP contribution in [0.3, 0.4) is 0 Å². The number of nitro groups is 1. The summed E-state index contributed by atoms with van der Waals surface area (Å²) in [6, 6.07) is 12.7. The van der Waals surface area contributed by atoms with Gasteiger partial charge in [0, 0.05) is 23.3 Å². The number of nitro benzene ring substituents is 1. The molecule has 4 rings (SSSR count). The molecule has 4 aromatic rings. The minimum absolute atomic E-state index is 0.156. The van der Waals surface area contributed by atoms with Gasteiger partial charge in [-0.15, -0.1) is 0 Å². The number of hydrogen-bond acceptors (Lipinski definition) is 9. The highest BCUT2D eigenvalue weighted by atomic mass is 32.1. The third kappa shape index (κ3) is 4.26. The van der Waals surface area contributed by atoms with E-state index in [1.54, 1.807) is 26.2 Å². The number of rotatable bonds is 6. The molecule has 2 aromatic heterocycles. The fourth-order valence-electron chi connectivity index (χ4n) is 2.75. The number of methoxy groups -OCH3 is 1. The zero-order valence-electron chi connectivity index (χ0n) is 16.4. The molecule has 1 amide bonds. The topological polar surface area (TPSA) is 133 Å². The second-order valence-electron chi connectivity index (χ2n) is 6.35. The van der Waals surface area contributed by atoms with Crippen molar-refractivity contribution in [1.82, 2.24) is 15.1 Å². The van der Waals surface area contributed by atoms with E-state index in [4.69, 9.17) is 9.26 Å². The summed E-state index contributed by atoms with van der Waals surface area (Å²) in [6.45, 7) is 1.76. The average Bonchev–Trinajstić information content (AvgIpc) is 3.40.